The van der Waals surface area contributed by atoms with Crippen LogP contribution in [0.2, 0.25) is 0 Å². The lowest BCUT2D eigenvalue weighted by atomic mass is 9.94. The van der Waals surface area contributed by atoms with Crippen molar-refractivity contribution in [2.45, 2.75) is 38.6 Å². The molecule has 2 heterocycles. The van der Waals surface area contributed by atoms with E-state index in [1.54, 1.807) is 4.90 Å². The van der Waals surface area contributed by atoms with E-state index in [1.165, 1.54) is 12.8 Å². The summed E-state index contributed by atoms with van der Waals surface area (Å²) in [6.45, 7) is 4.30. The molecular weight excluding hydrogens is 264 g/mol. The number of nitrogens with one attached hydrogen (secondary N) is 1. The highest BCUT2D eigenvalue weighted by Crippen LogP contribution is 2.19. The van der Waals surface area contributed by atoms with Crippen molar-refractivity contribution in [2.75, 3.05) is 31.1 Å². The molecule has 0 radical (unpaired) electrons. The smallest absolute Gasteiger partial charge is 0.222 e. The van der Waals surface area contributed by atoms with Gasteiger partial charge in [0.1, 0.15) is 0 Å². The molecule has 19 heavy (non-hydrogen) atoms. The van der Waals surface area contributed by atoms with Gasteiger partial charge in [0.05, 0.1) is 11.5 Å². The number of hydrogen-bond acceptors (Lipinski definition) is 4. The van der Waals surface area contributed by atoms with Gasteiger partial charge in [0.25, 0.3) is 0 Å². The molecule has 2 aliphatic rings. The number of rotatable bonds is 3. The zero-order valence-corrected chi connectivity index (χ0v) is 12.4. The Morgan fingerprint density at radius 3 is 2.84 bits per heavy atom. The number of sulfone groups is 1. The molecule has 2 fully saturated rings. The van der Waals surface area contributed by atoms with Crippen molar-refractivity contribution in [1.29, 1.82) is 0 Å². The molecule has 2 atom stereocenters. The minimum absolute atomic E-state index is 0.115. The standard InChI is InChI=1S/C13H24N2O3S/c1-11-10-19(17,18)8-7-15(11)13(16)5-4-12-3-2-6-14-9-12/h11-12,14H,2-10H2,1H3. The molecule has 0 spiro atoms. The lowest BCUT2D eigenvalue weighted by Crippen LogP contribution is -2.49. The third kappa shape index (κ3) is 4.18. The predicted octanol–water partition coefficient (Wildman–Crippen LogP) is 0.412. The van der Waals surface area contributed by atoms with Crippen molar-refractivity contribution in [3.05, 3.63) is 0 Å². The molecule has 1 N–H and O–H groups in total. The van der Waals surface area contributed by atoms with Gasteiger partial charge in [-0.1, -0.05) is 0 Å². The molecule has 0 aromatic carbocycles. The van der Waals surface area contributed by atoms with E-state index in [0.717, 1.165) is 19.5 Å². The second-order valence-electron chi connectivity index (χ2n) is 5.80. The van der Waals surface area contributed by atoms with Crippen LogP contribution in [-0.4, -0.2) is 56.4 Å². The van der Waals surface area contributed by atoms with Crippen LogP contribution in [0, 0.1) is 5.92 Å². The fourth-order valence-electron chi connectivity index (χ4n) is 3.01. The Bertz CT molecular complexity index is 416. The van der Waals surface area contributed by atoms with Gasteiger partial charge < -0.3 is 10.2 Å². The van der Waals surface area contributed by atoms with Gasteiger partial charge in [0, 0.05) is 19.0 Å². The first-order valence-electron chi connectivity index (χ1n) is 7.18. The van der Waals surface area contributed by atoms with Crippen LogP contribution < -0.4 is 5.32 Å². The first kappa shape index (κ1) is 14.8. The summed E-state index contributed by atoms with van der Waals surface area (Å²) in [6.07, 6.45) is 3.86. The van der Waals surface area contributed by atoms with E-state index in [-0.39, 0.29) is 23.5 Å². The average molecular weight is 288 g/mol. The largest absolute Gasteiger partial charge is 0.338 e. The Kier molecular flexibility index (Phi) is 4.84. The molecule has 0 aromatic rings. The zero-order chi connectivity index (χ0) is 13.9. The maximum atomic E-state index is 12.2. The van der Waals surface area contributed by atoms with E-state index < -0.39 is 9.84 Å². The van der Waals surface area contributed by atoms with Gasteiger partial charge in [-0.3, -0.25) is 4.79 Å². The minimum Gasteiger partial charge on any atom is -0.338 e. The maximum absolute atomic E-state index is 12.2. The van der Waals surface area contributed by atoms with E-state index >= 15 is 0 Å². The van der Waals surface area contributed by atoms with Gasteiger partial charge in [0.15, 0.2) is 9.84 Å². The predicted molar refractivity (Wildman–Crippen MR) is 74.7 cm³/mol. The number of amides is 1. The zero-order valence-electron chi connectivity index (χ0n) is 11.6. The first-order valence-corrected chi connectivity index (χ1v) is 9.01. The number of hydrogen-bond donors (Lipinski definition) is 1. The van der Waals surface area contributed by atoms with Gasteiger partial charge in [0.2, 0.25) is 5.91 Å². The third-order valence-corrected chi connectivity index (χ3v) is 5.95. The summed E-state index contributed by atoms with van der Waals surface area (Å²) in [5.74, 6) is 0.951. The Morgan fingerprint density at radius 1 is 1.42 bits per heavy atom. The van der Waals surface area contributed by atoms with Crippen molar-refractivity contribution >= 4 is 15.7 Å². The van der Waals surface area contributed by atoms with Crippen molar-refractivity contribution in [1.82, 2.24) is 10.2 Å². The van der Waals surface area contributed by atoms with Gasteiger partial charge >= 0.3 is 0 Å². The van der Waals surface area contributed by atoms with Crippen LogP contribution in [0.1, 0.15) is 32.6 Å². The Hall–Kier alpha value is -0.620. The highest BCUT2D eigenvalue weighted by Gasteiger charge is 2.31. The summed E-state index contributed by atoms with van der Waals surface area (Å²) >= 11 is 0. The lowest BCUT2D eigenvalue weighted by molar-refractivity contribution is -0.133. The summed E-state index contributed by atoms with van der Waals surface area (Å²) < 4.78 is 23.0. The Balaban J connectivity index is 1.79. The van der Waals surface area contributed by atoms with Crippen LogP contribution in [0.15, 0.2) is 0 Å². The van der Waals surface area contributed by atoms with E-state index in [2.05, 4.69) is 5.32 Å². The van der Waals surface area contributed by atoms with Crippen LogP contribution in [0.3, 0.4) is 0 Å². The normalized spacial score (nSPS) is 31.1. The molecule has 110 valence electrons. The quantitative estimate of drug-likeness (QED) is 0.817. The average Bonchev–Trinajstić information content (AvgIpc) is 2.36. The molecule has 0 aromatic heterocycles. The second-order valence-corrected chi connectivity index (χ2v) is 8.03. The molecule has 2 aliphatic heterocycles. The fourth-order valence-corrected chi connectivity index (χ4v) is 4.57. The summed E-state index contributed by atoms with van der Waals surface area (Å²) in [4.78, 5) is 13.9. The highest BCUT2D eigenvalue weighted by atomic mass is 32.2. The number of carbonyl (C=O) groups excluding carboxylic acids is 1. The molecule has 2 rings (SSSR count). The van der Waals surface area contributed by atoms with Crippen molar-refractivity contribution in [2.24, 2.45) is 5.92 Å². The van der Waals surface area contributed by atoms with Crippen molar-refractivity contribution < 1.29 is 13.2 Å². The second kappa shape index (κ2) is 6.22. The molecule has 0 aliphatic carbocycles. The third-order valence-electron chi connectivity index (χ3n) is 4.16. The minimum atomic E-state index is -2.94. The van der Waals surface area contributed by atoms with Gasteiger partial charge in [-0.2, -0.15) is 0 Å². The van der Waals surface area contributed by atoms with Crippen LogP contribution in [0.4, 0.5) is 0 Å². The summed E-state index contributed by atoms with van der Waals surface area (Å²) in [5, 5.41) is 3.35. The van der Waals surface area contributed by atoms with Crippen LogP contribution >= 0.6 is 0 Å². The number of piperidine rings is 1. The van der Waals surface area contributed by atoms with E-state index in [9.17, 15) is 13.2 Å². The SMILES string of the molecule is CC1CS(=O)(=O)CCN1C(=O)CCC1CCCNC1. The Labute approximate surface area is 115 Å². The summed E-state index contributed by atoms with van der Waals surface area (Å²) in [5.41, 5.74) is 0. The van der Waals surface area contributed by atoms with E-state index in [0.29, 0.717) is 18.9 Å². The van der Waals surface area contributed by atoms with Crippen LogP contribution in [0.25, 0.3) is 0 Å². The number of carbonyl (C=O) groups is 1. The molecule has 2 saturated heterocycles. The topological polar surface area (TPSA) is 66.5 Å². The molecule has 6 heteroatoms. The maximum Gasteiger partial charge on any atom is 0.222 e. The molecule has 2 unspecified atom stereocenters. The fraction of sp³-hybridized carbons (Fsp3) is 0.923. The van der Waals surface area contributed by atoms with Gasteiger partial charge in [-0.25, -0.2) is 8.42 Å². The summed E-state index contributed by atoms with van der Waals surface area (Å²) in [6, 6.07) is -0.171. The van der Waals surface area contributed by atoms with Crippen LogP contribution in [-0.2, 0) is 14.6 Å². The molecule has 0 saturated carbocycles. The van der Waals surface area contributed by atoms with Gasteiger partial charge in [-0.15, -0.1) is 0 Å². The van der Waals surface area contributed by atoms with Crippen LogP contribution in [0.5, 0.6) is 0 Å². The monoisotopic (exact) mass is 288 g/mol. The highest BCUT2D eigenvalue weighted by molar-refractivity contribution is 7.91. The number of nitrogens with zero attached hydrogens (tertiary/aromatic N) is 1. The summed E-state index contributed by atoms with van der Waals surface area (Å²) in [7, 11) is -2.94. The lowest BCUT2D eigenvalue weighted by Gasteiger charge is -2.33. The first-order chi connectivity index (χ1) is 8.98. The van der Waals surface area contributed by atoms with Crippen molar-refractivity contribution in [3.63, 3.8) is 0 Å². The molecule has 0 bridgehead atoms. The molecule has 5 nitrogen and oxygen atoms in total. The van der Waals surface area contributed by atoms with E-state index in [4.69, 9.17) is 0 Å². The van der Waals surface area contributed by atoms with Gasteiger partial charge in [-0.05, 0) is 45.2 Å². The molecule has 1 amide bonds. The van der Waals surface area contributed by atoms with Crippen molar-refractivity contribution in [3.8, 4) is 0 Å². The molecular formula is C13H24N2O3S. The Morgan fingerprint density at radius 2 is 2.21 bits per heavy atom. The van der Waals surface area contributed by atoms with E-state index in [1.807, 2.05) is 6.92 Å².